The van der Waals surface area contributed by atoms with Crippen molar-refractivity contribution in [3.8, 4) is 0 Å². The van der Waals surface area contributed by atoms with Crippen molar-refractivity contribution >= 4 is 12.6 Å². The lowest BCUT2D eigenvalue weighted by molar-refractivity contribution is 0.211. The summed E-state index contributed by atoms with van der Waals surface area (Å²) in [5.74, 6) is 0.800. The zero-order chi connectivity index (χ0) is 8.27. The highest BCUT2D eigenvalue weighted by molar-refractivity contribution is 7.81. The highest BCUT2D eigenvalue weighted by Crippen LogP contribution is 2.15. The smallest absolute Gasteiger partial charge is 0.0145 e. The third-order valence-electron chi connectivity index (χ3n) is 2.10. The monoisotopic (exact) mass is 173 g/mol. The predicted molar refractivity (Wildman–Crippen MR) is 53.3 cm³/mol. The van der Waals surface area contributed by atoms with Crippen LogP contribution in [0, 0.1) is 5.92 Å². The Morgan fingerprint density at radius 2 is 2.27 bits per heavy atom. The van der Waals surface area contributed by atoms with Crippen molar-refractivity contribution < 1.29 is 0 Å². The molecule has 1 saturated heterocycles. The lowest BCUT2D eigenvalue weighted by Crippen LogP contribution is -2.38. The van der Waals surface area contributed by atoms with Gasteiger partial charge in [-0.2, -0.15) is 12.6 Å². The number of nitrogens with zero attached hydrogens (tertiary/aromatic N) is 1. The van der Waals surface area contributed by atoms with Gasteiger partial charge in [0.1, 0.15) is 0 Å². The summed E-state index contributed by atoms with van der Waals surface area (Å²) in [6, 6.07) is 0. The van der Waals surface area contributed by atoms with Crippen LogP contribution in [0.1, 0.15) is 26.7 Å². The molecule has 0 aliphatic carbocycles. The first-order valence-electron chi connectivity index (χ1n) is 4.59. The van der Waals surface area contributed by atoms with Crippen LogP contribution in [0.3, 0.4) is 0 Å². The van der Waals surface area contributed by atoms with Gasteiger partial charge in [0.2, 0.25) is 0 Å². The topological polar surface area (TPSA) is 3.24 Å². The maximum absolute atomic E-state index is 4.50. The van der Waals surface area contributed by atoms with Gasteiger partial charge in [0.25, 0.3) is 0 Å². The van der Waals surface area contributed by atoms with Crippen LogP contribution in [0.2, 0.25) is 0 Å². The summed E-state index contributed by atoms with van der Waals surface area (Å²) in [6.07, 6.45) is 2.64. The molecule has 0 spiro atoms. The Morgan fingerprint density at radius 1 is 1.55 bits per heavy atom. The summed E-state index contributed by atoms with van der Waals surface area (Å²) in [5.41, 5.74) is 0. The van der Waals surface area contributed by atoms with Gasteiger partial charge in [0.15, 0.2) is 0 Å². The predicted octanol–water partition coefficient (Wildman–Crippen LogP) is 2.04. The van der Waals surface area contributed by atoms with E-state index in [4.69, 9.17) is 0 Å². The van der Waals surface area contributed by atoms with Gasteiger partial charge < -0.3 is 4.90 Å². The normalized spacial score (nSPS) is 27.8. The van der Waals surface area contributed by atoms with Crippen molar-refractivity contribution in [3.63, 3.8) is 0 Å². The first-order valence-corrected chi connectivity index (χ1v) is 5.10. The van der Waals surface area contributed by atoms with Crippen molar-refractivity contribution in [1.29, 1.82) is 0 Å². The van der Waals surface area contributed by atoms with Crippen LogP contribution in [-0.4, -0.2) is 29.8 Å². The number of thiol groups is 1. The molecule has 0 amide bonds. The molecular weight excluding hydrogens is 154 g/mol. The van der Waals surface area contributed by atoms with E-state index in [1.54, 1.807) is 0 Å². The molecule has 0 aromatic heterocycles. The highest BCUT2D eigenvalue weighted by atomic mass is 32.1. The molecule has 0 unspecified atom stereocenters. The van der Waals surface area contributed by atoms with E-state index in [1.165, 1.54) is 32.5 Å². The fraction of sp³-hybridized carbons (Fsp3) is 1.00. The van der Waals surface area contributed by atoms with Crippen LogP contribution < -0.4 is 0 Å². The Bertz CT molecular complexity index is 112. The molecular formula is C9H19NS. The summed E-state index contributed by atoms with van der Waals surface area (Å²) in [6.45, 7) is 8.29. The van der Waals surface area contributed by atoms with Crippen molar-refractivity contribution in [2.24, 2.45) is 5.92 Å². The summed E-state index contributed by atoms with van der Waals surface area (Å²) >= 11 is 4.50. The van der Waals surface area contributed by atoms with Gasteiger partial charge in [-0.05, 0) is 25.3 Å². The van der Waals surface area contributed by atoms with E-state index in [0.717, 1.165) is 5.92 Å². The average molecular weight is 173 g/mol. The fourth-order valence-corrected chi connectivity index (χ4v) is 2.13. The van der Waals surface area contributed by atoms with Gasteiger partial charge in [0, 0.05) is 18.3 Å². The SMILES string of the molecule is CC(C)CN1CCC[C@@H](S)C1. The van der Waals surface area contributed by atoms with Gasteiger partial charge in [-0.15, -0.1) is 0 Å². The van der Waals surface area contributed by atoms with E-state index in [1.807, 2.05) is 0 Å². The van der Waals surface area contributed by atoms with Crippen LogP contribution in [0.25, 0.3) is 0 Å². The van der Waals surface area contributed by atoms with Crippen LogP contribution in [0.5, 0.6) is 0 Å². The van der Waals surface area contributed by atoms with Crippen LogP contribution >= 0.6 is 12.6 Å². The summed E-state index contributed by atoms with van der Waals surface area (Å²) < 4.78 is 0. The minimum absolute atomic E-state index is 0.627. The van der Waals surface area contributed by atoms with E-state index in [2.05, 4.69) is 31.4 Å². The van der Waals surface area contributed by atoms with Crippen molar-refractivity contribution in [2.45, 2.75) is 31.9 Å². The number of hydrogen-bond acceptors (Lipinski definition) is 2. The third kappa shape index (κ3) is 3.48. The van der Waals surface area contributed by atoms with Crippen LogP contribution in [-0.2, 0) is 0 Å². The molecule has 1 heterocycles. The Morgan fingerprint density at radius 3 is 2.82 bits per heavy atom. The molecule has 0 N–H and O–H groups in total. The Hall–Kier alpha value is 0.310. The Labute approximate surface area is 75.6 Å². The molecule has 2 heteroatoms. The largest absolute Gasteiger partial charge is 0.302 e. The summed E-state index contributed by atoms with van der Waals surface area (Å²) in [4.78, 5) is 2.53. The third-order valence-corrected chi connectivity index (χ3v) is 2.53. The molecule has 11 heavy (non-hydrogen) atoms. The fourth-order valence-electron chi connectivity index (χ4n) is 1.71. The highest BCUT2D eigenvalue weighted by Gasteiger charge is 2.16. The van der Waals surface area contributed by atoms with Gasteiger partial charge in [0.05, 0.1) is 0 Å². The van der Waals surface area contributed by atoms with Gasteiger partial charge in [-0.1, -0.05) is 13.8 Å². The van der Waals surface area contributed by atoms with Gasteiger partial charge in [-0.25, -0.2) is 0 Å². The first kappa shape index (κ1) is 9.40. The molecule has 1 fully saturated rings. The molecule has 0 radical (unpaired) electrons. The molecule has 0 aromatic rings. The molecule has 0 saturated carbocycles. The van der Waals surface area contributed by atoms with Crippen molar-refractivity contribution in [2.75, 3.05) is 19.6 Å². The Kier molecular flexibility index (Phi) is 3.73. The van der Waals surface area contributed by atoms with Crippen molar-refractivity contribution in [1.82, 2.24) is 4.90 Å². The molecule has 1 atom stereocenters. The quantitative estimate of drug-likeness (QED) is 0.625. The molecule has 0 bridgehead atoms. The lowest BCUT2D eigenvalue weighted by atomic mass is 10.1. The van der Waals surface area contributed by atoms with Gasteiger partial charge in [-0.3, -0.25) is 0 Å². The second kappa shape index (κ2) is 4.36. The molecule has 0 aromatic carbocycles. The minimum atomic E-state index is 0.627. The number of hydrogen-bond donors (Lipinski definition) is 1. The molecule has 1 aliphatic rings. The van der Waals surface area contributed by atoms with Gasteiger partial charge >= 0.3 is 0 Å². The number of piperidine rings is 1. The second-order valence-electron chi connectivity index (χ2n) is 3.95. The molecule has 1 rings (SSSR count). The number of likely N-dealkylation sites (tertiary alicyclic amines) is 1. The standard InChI is InChI=1S/C9H19NS/c1-8(2)6-10-5-3-4-9(11)7-10/h8-9,11H,3-7H2,1-2H3/t9-/m1/s1. The lowest BCUT2D eigenvalue weighted by Gasteiger charge is -2.31. The van der Waals surface area contributed by atoms with E-state index in [0.29, 0.717) is 5.25 Å². The molecule has 1 nitrogen and oxygen atoms in total. The number of rotatable bonds is 2. The van der Waals surface area contributed by atoms with Crippen molar-refractivity contribution in [3.05, 3.63) is 0 Å². The summed E-state index contributed by atoms with van der Waals surface area (Å²) in [5, 5.41) is 0.627. The Balaban J connectivity index is 2.23. The first-order chi connectivity index (χ1) is 5.18. The van der Waals surface area contributed by atoms with Crippen LogP contribution in [0.4, 0.5) is 0 Å². The second-order valence-corrected chi connectivity index (χ2v) is 4.68. The summed E-state index contributed by atoms with van der Waals surface area (Å²) in [7, 11) is 0. The molecule has 66 valence electrons. The van der Waals surface area contributed by atoms with E-state index >= 15 is 0 Å². The minimum Gasteiger partial charge on any atom is -0.302 e. The average Bonchev–Trinajstić information content (AvgIpc) is 1.85. The molecule has 1 aliphatic heterocycles. The van der Waals surface area contributed by atoms with E-state index in [-0.39, 0.29) is 0 Å². The maximum atomic E-state index is 4.50. The zero-order valence-electron chi connectivity index (χ0n) is 7.58. The zero-order valence-corrected chi connectivity index (χ0v) is 8.48. The van der Waals surface area contributed by atoms with E-state index < -0.39 is 0 Å². The maximum Gasteiger partial charge on any atom is 0.0145 e. The van der Waals surface area contributed by atoms with E-state index in [9.17, 15) is 0 Å². The van der Waals surface area contributed by atoms with Crippen LogP contribution in [0.15, 0.2) is 0 Å².